The topological polar surface area (TPSA) is 135 Å². The van der Waals surface area contributed by atoms with Gasteiger partial charge in [0.15, 0.2) is 0 Å². The lowest BCUT2D eigenvalue weighted by atomic mass is 15.8. The van der Waals surface area contributed by atoms with Crippen LogP contribution >= 0.6 is 26.9 Å². The average molecular weight is 212 g/mol. The van der Waals surface area contributed by atoms with Crippen molar-refractivity contribution in [2.24, 2.45) is 0 Å². The van der Waals surface area contributed by atoms with Crippen LogP contribution < -0.4 is 0 Å². The summed E-state index contributed by atoms with van der Waals surface area (Å²) in [6, 6.07) is 0. The predicted octanol–water partition coefficient (Wildman–Crippen LogP) is -0.920. The van der Waals surface area contributed by atoms with E-state index < -0.39 is 14.6 Å². The first kappa shape index (κ1) is 13.2. The molecule has 64 valence electrons. The van der Waals surface area contributed by atoms with Crippen LogP contribution in [-0.4, -0.2) is 24.5 Å². The molecule has 0 saturated carbocycles. The highest BCUT2D eigenvalue weighted by atomic mass is 32.7. The molecule has 0 amide bonds. The van der Waals surface area contributed by atoms with Gasteiger partial charge in [-0.3, -0.25) is 0 Å². The van der Waals surface area contributed by atoms with Crippen LogP contribution in [0.15, 0.2) is 0 Å². The van der Waals surface area contributed by atoms with Crippen molar-refractivity contribution in [1.29, 1.82) is 0 Å². The summed E-state index contributed by atoms with van der Waals surface area (Å²) in [6.07, 6.45) is 0. The largest absolute Gasteiger partial charge is 0.466 e. The third-order valence-corrected chi connectivity index (χ3v) is 0. The highest BCUT2D eigenvalue weighted by Gasteiger charge is 2.00. The lowest BCUT2D eigenvalue weighted by Gasteiger charge is -1.82. The van der Waals surface area contributed by atoms with E-state index in [4.69, 9.17) is 29.0 Å². The quantitative estimate of drug-likeness (QED) is 0.226. The maximum atomic E-state index is 9.19. The first-order valence-electron chi connectivity index (χ1n) is 1.57. The predicted molar refractivity (Wildman–Crippen MR) is 35.3 cm³/mol. The van der Waals surface area contributed by atoms with Crippen LogP contribution in [0.3, 0.4) is 0 Å². The Hall–Kier alpha value is 0.610. The highest BCUT2D eigenvalue weighted by Crippen LogP contribution is 2.39. The lowest BCUT2D eigenvalue weighted by Crippen LogP contribution is -1.66. The Bertz CT molecular complexity index is 124. The Labute approximate surface area is 61.3 Å². The zero-order chi connectivity index (χ0) is 9.00. The number of hydrogen-bond donors (Lipinski definition) is 6. The molecule has 10 heteroatoms. The van der Waals surface area contributed by atoms with Crippen molar-refractivity contribution in [3.05, 3.63) is 0 Å². The van der Waals surface area contributed by atoms with Gasteiger partial charge in [0.2, 0.25) is 0 Å². The maximum Gasteiger partial charge on any atom is 0.466 e. The van der Waals surface area contributed by atoms with Gasteiger partial charge < -0.3 is 24.5 Å². The summed E-state index contributed by atoms with van der Waals surface area (Å²) in [5.41, 5.74) is 0. The molecule has 0 unspecified atom stereocenters. The van der Waals surface area contributed by atoms with Crippen LogP contribution in [0.2, 0.25) is 0 Å². The van der Waals surface area contributed by atoms with E-state index in [1.54, 1.807) is 0 Å². The maximum absolute atomic E-state index is 9.19. The SMILES string of the molecule is O=P(O)(O)O.O=P(O)(O)S. The Kier molecular flexibility index (Phi) is 5.92. The molecule has 0 aromatic rings. The first-order valence-corrected chi connectivity index (χ1v) is 5.90. The molecule has 0 saturated heterocycles. The van der Waals surface area contributed by atoms with Crippen molar-refractivity contribution in [2.75, 3.05) is 0 Å². The van der Waals surface area contributed by atoms with Crippen molar-refractivity contribution >= 4 is 26.9 Å². The summed E-state index contributed by atoms with van der Waals surface area (Å²) in [5, 5.41) is 0. The molecule has 0 radical (unpaired) electrons. The molecule has 0 aliphatic carbocycles. The molecule has 0 aromatic heterocycles. The molecule has 0 atom stereocenters. The van der Waals surface area contributed by atoms with Crippen molar-refractivity contribution in [3.63, 3.8) is 0 Å². The molecular weight excluding hydrogens is 206 g/mol. The second-order valence-corrected chi connectivity index (χ2v) is 4.64. The van der Waals surface area contributed by atoms with Crippen molar-refractivity contribution < 1.29 is 33.6 Å². The smallest absolute Gasteiger partial charge is 0.317 e. The molecule has 5 N–H and O–H groups in total. The Morgan fingerprint density at radius 1 is 0.900 bits per heavy atom. The fourth-order valence-corrected chi connectivity index (χ4v) is 0. The normalized spacial score (nSPS) is 11.8. The lowest BCUT2D eigenvalue weighted by molar-refractivity contribution is 0.275. The Morgan fingerprint density at radius 3 is 0.900 bits per heavy atom. The average Bonchev–Trinajstić information content (AvgIpc) is 1.12. The van der Waals surface area contributed by atoms with Crippen molar-refractivity contribution in [3.8, 4) is 0 Å². The van der Waals surface area contributed by atoms with E-state index in [0.29, 0.717) is 0 Å². The molecule has 0 aromatic carbocycles. The standard InChI is InChI=1S/H3O4P.H3O3PS/c1-5(2,3)4;1-4(2,3)5/h(H3,1,2,3,4);(H3,1,2,3,5). The van der Waals surface area contributed by atoms with E-state index in [-0.39, 0.29) is 0 Å². The Morgan fingerprint density at radius 2 is 0.900 bits per heavy atom. The van der Waals surface area contributed by atoms with E-state index in [0.717, 1.165) is 0 Å². The summed E-state index contributed by atoms with van der Waals surface area (Å²) < 4.78 is 18.1. The summed E-state index contributed by atoms with van der Waals surface area (Å²) in [7, 11) is -4.64. The van der Waals surface area contributed by atoms with E-state index in [9.17, 15) is 4.57 Å². The van der Waals surface area contributed by atoms with Gasteiger partial charge in [-0.25, -0.2) is 9.13 Å². The Balaban J connectivity index is 0. The van der Waals surface area contributed by atoms with E-state index >= 15 is 0 Å². The first-order chi connectivity index (χ1) is 4.00. The van der Waals surface area contributed by atoms with Gasteiger partial charge >= 0.3 is 14.6 Å². The third-order valence-electron chi connectivity index (χ3n) is 0. The molecule has 0 heterocycles. The van der Waals surface area contributed by atoms with Crippen molar-refractivity contribution in [1.82, 2.24) is 0 Å². The molecule has 7 nitrogen and oxygen atoms in total. The molecule has 10 heavy (non-hydrogen) atoms. The minimum atomic E-state index is -4.64. The number of thiol groups is 1. The van der Waals surface area contributed by atoms with Crippen LogP contribution in [0.25, 0.3) is 0 Å². The molecule has 0 bridgehead atoms. The molecule has 0 spiro atoms. The summed E-state index contributed by atoms with van der Waals surface area (Å²) >= 11 is 2.79. The van der Waals surface area contributed by atoms with E-state index in [2.05, 4.69) is 12.2 Å². The number of phosphoric acid groups is 1. The van der Waals surface area contributed by atoms with Crippen molar-refractivity contribution in [2.45, 2.75) is 0 Å². The molecule has 0 rings (SSSR count). The highest BCUT2D eigenvalue weighted by molar-refractivity contribution is 8.43. The second kappa shape index (κ2) is 4.48. The van der Waals surface area contributed by atoms with Crippen LogP contribution in [-0.2, 0) is 9.13 Å². The van der Waals surface area contributed by atoms with Gasteiger partial charge in [-0.2, -0.15) is 0 Å². The van der Waals surface area contributed by atoms with Crippen LogP contribution in [0.1, 0.15) is 0 Å². The fourth-order valence-electron chi connectivity index (χ4n) is 0. The molecular formula is H6O7P2S. The molecule has 0 fully saturated rings. The zero-order valence-electron chi connectivity index (χ0n) is 4.39. The minimum Gasteiger partial charge on any atom is -0.317 e. The van der Waals surface area contributed by atoms with E-state index in [1.807, 2.05) is 0 Å². The minimum absolute atomic E-state index is 2.79. The van der Waals surface area contributed by atoms with Crippen LogP contribution in [0.5, 0.6) is 0 Å². The van der Waals surface area contributed by atoms with Gasteiger partial charge in [-0.1, -0.05) is 12.2 Å². The zero-order valence-corrected chi connectivity index (χ0v) is 7.08. The number of hydrogen-bond acceptors (Lipinski definition) is 2. The van der Waals surface area contributed by atoms with Crippen LogP contribution in [0, 0.1) is 0 Å². The molecule has 0 aliphatic heterocycles. The summed E-state index contributed by atoms with van der Waals surface area (Å²) in [5.74, 6) is 0. The van der Waals surface area contributed by atoms with Gasteiger partial charge in [0.25, 0.3) is 0 Å². The third kappa shape index (κ3) is 1340. The van der Waals surface area contributed by atoms with Gasteiger partial charge in [-0.05, 0) is 0 Å². The van der Waals surface area contributed by atoms with E-state index in [1.165, 1.54) is 0 Å². The van der Waals surface area contributed by atoms with Crippen LogP contribution in [0.4, 0.5) is 0 Å². The number of rotatable bonds is 0. The second-order valence-electron chi connectivity index (χ2n) is 1.03. The van der Waals surface area contributed by atoms with Gasteiger partial charge in [0.1, 0.15) is 0 Å². The fraction of sp³-hybridized carbons (Fsp3) is 0. The van der Waals surface area contributed by atoms with Gasteiger partial charge in [-0.15, -0.1) is 0 Å². The van der Waals surface area contributed by atoms with Gasteiger partial charge in [0, 0.05) is 0 Å². The molecule has 0 aliphatic rings. The monoisotopic (exact) mass is 212 g/mol. The van der Waals surface area contributed by atoms with Gasteiger partial charge in [0.05, 0.1) is 0 Å². The summed E-state index contributed by atoms with van der Waals surface area (Å²) in [6.45, 7) is -3.94. The summed E-state index contributed by atoms with van der Waals surface area (Å²) in [4.78, 5) is 36.6.